The van der Waals surface area contributed by atoms with Gasteiger partial charge in [-0.05, 0) is 43.5 Å². The van der Waals surface area contributed by atoms with Crippen LogP contribution in [0.4, 0.5) is 0 Å². The second-order valence-corrected chi connectivity index (χ2v) is 5.11. The standard InChI is InChI=1S/C15H21N3O3/c1-2-10(7-8-16)3-6-14-17-15(18-21-14)11-4-5-12(19)13(20)9-11/h4-5,9-10,19-20H,2-3,6-8,16H2,1H3. The maximum atomic E-state index is 9.49. The Bertz CT molecular complexity index is 583. The molecule has 0 fully saturated rings. The minimum atomic E-state index is -0.201. The third kappa shape index (κ3) is 3.95. The van der Waals surface area contributed by atoms with E-state index >= 15 is 0 Å². The number of aromatic hydroxyl groups is 2. The van der Waals surface area contributed by atoms with Crippen molar-refractivity contribution in [2.24, 2.45) is 11.7 Å². The van der Waals surface area contributed by atoms with Gasteiger partial charge in [-0.15, -0.1) is 0 Å². The maximum Gasteiger partial charge on any atom is 0.226 e. The Morgan fingerprint density at radius 2 is 2.05 bits per heavy atom. The number of aromatic nitrogens is 2. The Morgan fingerprint density at radius 1 is 1.24 bits per heavy atom. The molecule has 0 aliphatic rings. The SMILES string of the molecule is CCC(CCN)CCc1nc(-c2ccc(O)c(O)c2)no1. The first-order valence-electron chi connectivity index (χ1n) is 7.19. The van der Waals surface area contributed by atoms with E-state index in [1.54, 1.807) is 6.07 Å². The highest BCUT2D eigenvalue weighted by atomic mass is 16.5. The number of aryl methyl sites for hydroxylation is 1. The van der Waals surface area contributed by atoms with Crippen LogP contribution in [0.1, 0.15) is 32.1 Å². The minimum absolute atomic E-state index is 0.171. The first kappa shape index (κ1) is 15.3. The first-order valence-corrected chi connectivity index (χ1v) is 7.19. The molecule has 2 rings (SSSR count). The molecular weight excluding hydrogens is 270 g/mol. The van der Waals surface area contributed by atoms with Gasteiger partial charge in [0.2, 0.25) is 11.7 Å². The van der Waals surface area contributed by atoms with Gasteiger partial charge in [0.15, 0.2) is 11.5 Å². The van der Waals surface area contributed by atoms with Crippen LogP contribution in [-0.2, 0) is 6.42 Å². The Hall–Kier alpha value is -2.08. The van der Waals surface area contributed by atoms with Crippen molar-refractivity contribution in [1.29, 1.82) is 0 Å². The molecule has 1 aromatic carbocycles. The van der Waals surface area contributed by atoms with Gasteiger partial charge in [-0.2, -0.15) is 4.98 Å². The van der Waals surface area contributed by atoms with Crippen LogP contribution in [0.3, 0.4) is 0 Å². The van der Waals surface area contributed by atoms with E-state index < -0.39 is 0 Å². The molecule has 0 saturated carbocycles. The Labute approximate surface area is 123 Å². The lowest BCUT2D eigenvalue weighted by Gasteiger charge is -2.11. The molecule has 21 heavy (non-hydrogen) atoms. The number of benzene rings is 1. The van der Waals surface area contributed by atoms with E-state index in [0.717, 1.165) is 25.7 Å². The van der Waals surface area contributed by atoms with Crippen LogP contribution in [0.5, 0.6) is 11.5 Å². The highest BCUT2D eigenvalue weighted by molar-refractivity contribution is 5.59. The lowest BCUT2D eigenvalue weighted by Crippen LogP contribution is -2.09. The molecule has 0 amide bonds. The Kier molecular flexibility index (Phi) is 5.16. The Morgan fingerprint density at radius 3 is 2.71 bits per heavy atom. The number of hydrogen-bond donors (Lipinski definition) is 3. The van der Waals surface area contributed by atoms with Crippen molar-refractivity contribution >= 4 is 0 Å². The second kappa shape index (κ2) is 7.08. The zero-order valence-corrected chi connectivity index (χ0v) is 12.1. The summed E-state index contributed by atoms with van der Waals surface area (Å²) in [7, 11) is 0. The molecular formula is C15H21N3O3. The number of phenols is 2. The third-order valence-corrected chi connectivity index (χ3v) is 3.62. The summed E-state index contributed by atoms with van der Waals surface area (Å²) in [6.45, 7) is 2.85. The molecule has 0 aliphatic carbocycles. The molecule has 6 heteroatoms. The molecule has 114 valence electrons. The van der Waals surface area contributed by atoms with E-state index in [0.29, 0.717) is 29.7 Å². The average molecular weight is 291 g/mol. The van der Waals surface area contributed by atoms with Gasteiger partial charge in [0.25, 0.3) is 0 Å². The number of hydrogen-bond acceptors (Lipinski definition) is 6. The molecule has 1 unspecified atom stereocenters. The van der Waals surface area contributed by atoms with Gasteiger partial charge in [-0.25, -0.2) is 0 Å². The molecule has 2 aromatic rings. The van der Waals surface area contributed by atoms with Gasteiger partial charge in [0, 0.05) is 12.0 Å². The van der Waals surface area contributed by atoms with Crippen molar-refractivity contribution in [2.45, 2.75) is 32.6 Å². The largest absolute Gasteiger partial charge is 0.504 e. The molecule has 1 atom stereocenters. The summed E-state index contributed by atoms with van der Waals surface area (Å²) in [5, 5.41) is 22.7. The Balaban J connectivity index is 2.02. The van der Waals surface area contributed by atoms with Crippen molar-refractivity contribution in [1.82, 2.24) is 10.1 Å². The van der Waals surface area contributed by atoms with Crippen LogP contribution in [0.2, 0.25) is 0 Å². The maximum absolute atomic E-state index is 9.49. The first-order chi connectivity index (χ1) is 10.1. The number of nitrogens with zero attached hydrogens (tertiary/aromatic N) is 2. The summed E-state index contributed by atoms with van der Waals surface area (Å²) in [6, 6.07) is 4.44. The van der Waals surface area contributed by atoms with E-state index in [9.17, 15) is 10.2 Å². The predicted octanol–water partition coefficient (Wildman–Crippen LogP) is 2.46. The molecule has 0 spiro atoms. The van der Waals surface area contributed by atoms with Crippen LogP contribution in [0, 0.1) is 5.92 Å². The fraction of sp³-hybridized carbons (Fsp3) is 0.467. The van der Waals surface area contributed by atoms with Crippen LogP contribution in [-0.4, -0.2) is 26.9 Å². The van der Waals surface area contributed by atoms with E-state index in [1.165, 1.54) is 12.1 Å². The summed E-state index contributed by atoms with van der Waals surface area (Å²) in [5.41, 5.74) is 6.19. The van der Waals surface area contributed by atoms with E-state index in [2.05, 4.69) is 17.1 Å². The van der Waals surface area contributed by atoms with Crippen LogP contribution < -0.4 is 5.73 Å². The van der Waals surface area contributed by atoms with Crippen LogP contribution >= 0.6 is 0 Å². The molecule has 1 aromatic heterocycles. The van der Waals surface area contributed by atoms with Crippen molar-refractivity contribution < 1.29 is 14.7 Å². The predicted molar refractivity (Wildman–Crippen MR) is 78.8 cm³/mol. The number of rotatable bonds is 7. The van der Waals surface area contributed by atoms with E-state index in [4.69, 9.17) is 10.3 Å². The highest BCUT2D eigenvalue weighted by Gasteiger charge is 2.12. The summed E-state index contributed by atoms with van der Waals surface area (Å²) in [6.07, 6.45) is 3.78. The molecule has 1 heterocycles. The van der Waals surface area contributed by atoms with Gasteiger partial charge in [-0.3, -0.25) is 0 Å². The minimum Gasteiger partial charge on any atom is -0.504 e. The van der Waals surface area contributed by atoms with Crippen molar-refractivity contribution in [3.8, 4) is 22.9 Å². The van der Waals surface area contributed by atoms with Gasteiger partial charge >= 0.3 is 0 Å². The zero-order chi connectivity index (χ0) is 15.2. The zero-order valence-electron chi connectivity index (χ0n) is 12.1. The van der Waals surface area contributed by atoms with Gasteiger partial charge < -0.3 is 20.5 Å². The van der Waals surface area contributed by atoms with Gasteiger partial charge in [0.1, 0.15) is 0 Å². The summed E-state index contributed by atoms with van der Waals surface area (Å²) < 4.78 is 5.23. The summed E-state index contributed by atoms with van der Waals surface area (Å²) in [4.78, 5) is 4.32. The quantitative estimate of drug-likeness (QED) is 0.677. The van der Waals surface area contributed by atoms with Gasteiger partial charge in [-0.1, -0.05) is 18.5 Å². The smallest absolute Gasteiger partial charge is 0.226 e. The lowest BCUT2D eigenvalue weighted by atomic mass is 9.97. The molecule has 4 N–H and O–H groups in total. The topological polar surface area (TPSA) is 105 Å². The molecule has 0 aliphatic heterocycles. The molecule has 0 bridgehead atoms. The lowest BCUT2D eigenvalue weighted by molar-refractivity contribution is 0.354. The van der Waals surface area contributed by atoms with Crippen molar-refractivity contribution in [3.05, 3.63) is 24.1 Å². The molecule has 0 radical (unpaired) electrons. The third-order valence-electron chi connectivity index (χ3n) is 3.62. The van der Waals surface area contributed by atoms with Crippen molar-refractivity contribution in [3.63, 3.8) is 0 Å². The molecule has 0 saturated heterocycles. The summed E-state index contributed by atoms with van der Waals surface area (Å²) in [5.74, 6) is 1.19. The number of nitrogens with two attached hydrogens (primary N) is 1. The second-order valence-electron chi connectivity index (χ2n) is 5.11. The molecule has 6 nitrogen and oxygen atoms in total. The van der Waals surface area contributed by atoms with E-state index in [-0.39, 0.29) is 11.5 Å². The summed E-state index contributed by atoms with van der Waals surface area (Å²) >= 11 is 0. The fourth-order valence-electron chi connectivity index (χ4n) is 2.25. The van der Waals surface area contributed by atoms with E-state index in [1.807, 2.05) is 0 Å². The fourth-order valence-corrected chi connectivity index (χ4v) is 2.25. The number of phenolic OH excluding ortho intramolecular Hbond substituents is 2. The van der Waals surface area contributed by atoms with Crippen LogP contribution in [0.25, 0.3) is 11.4 Å². The highest BCUT2D eigenvalue weighted by Crippen LogP contribution is 2.29. The monoisotopic (exact) mass is 291 g/mol. The van der Waals surface area contributed by atoms with Crippen molar-refractivity contribution in [2.75, 3.05) is 6.54 Å². The normalized spacial score (nSPS) is 12.5. The average Bonchev–Trinajstić information content (AvgIpc) is 2.95. The van der Waals surface area contributed by atoms with Crippen LogP contribution in [0.15, 0.2) is 22.7 Å². The van der Waals surface area contributed by atoms with Gasteiger partial charge in [0.05, 0.1) is 0 Å².